The first kappa shape index (κ1) is 15.3. The van der Waals surface area contributed by atoms with Gasteiger partial charge in [0, 0.05) is 28.8 Å². The summed E-state index contributed by atoms with van der Waals surface area (Å²) in [5, 5.41) is 0.527. The monoisotopic (exact) mass is 310 g/mol. The topological polar surface area (TPSA) is 122 Å². The van der Waals surface area contributed by atoms with E-state index in [1.165, 1.54) is 6.20 Å². The van der Waals surface area contributed by atoms with E-state index in [0.29, 0.717) is 16.6 Å². The summed E-state index contributed by atoms with van der Waals surface area (Å²) in [6.07, 6.45) is 1.40. The number of sulfonamides is 1. The van der Waals surface area contributed by atoms with E-state index in [1.54, 1.807) is 32.0 Å². The van der Waals surface area contributed by atoms with E-state index in [0.717, 1.165) is 4.31 Å². The molecule has 0 saturated heterocycles. The number of amides is 1. The molecule has 0 aliphatic rings. The van der Waals surface area contributed by atoms with Gasteiger partial charge in [0.2, 0.25) is 15.9 Å². The van der Waals surface area contributed by atoms with Gasteiger partial charge in [0.1, 0.15) is 4.90 Å². The summed E-state index contributed by atoms with van der Waals surface area (Å²) in [7, 11) is -3.83. The Bertz CT molecular complexity index is 780. The fourth-order valence-electron chi connectivity index (χ4n) is 2.16. The number of carbonyl (C=O) groups is 1. The van der Waals surface area contributed by atoms with E-state index in [4.69, 9.17) is 11.5 Å². The fraction of sp³-hybridized carbons (Fsp3) is 0.308. The number of nitrogens with one attached hydrogen (secondary N) is 1. The van der Waals surface area contributed by atoms with Gasteiger partial charge in [0.15, 0.2) is 0 Å². The molecule has 0 spiro atoms. The number of primary amides is 1. The predicted octanol–water partition coefficient (Wildman–Crippen LogP) is 0.635. The maximum absolute atomic E-state index is 12.7. The minimum absolute atomic E-state index is 0.104. The fourth-order valence-corrected chi connectivity index (χ4v) is 3.92. The second-order valence-corrected chi connectivity index (χ2v) is 6.93. The van der Waals surface area contributed by atoms with Gasteiger partial charge in [-0.2, -0.15) is 4.31 Å². The zero-order valence-corrected chi connectivity index (χ0v) is 12.6. The summed E-state index contributed by atoms with van der Waals surface area (Å²) < 4.78 is 26.6. The zero-order chi connectivity index (χ0) is 15.8. The lowest BCUT2D eigenvalue weighted by Crippen LogP contribution is -2.42. The molecule has 114 valence electrons. The highest BCUT2D eigenvalue weighted by molar-refractivity contribution is 7.89. The van der Waals surface area contributed by atoms with Crippen LogP contribution in [0, 0.1) is 0 Å². The molecular formula is C13H18N4O3S. The molecule has 2 rings (SSSR count). The van der Waals surface area contributed by atoms with Crippen molar-refractivity contribution in [1.29, 1.82) is 0 Å². The number of anilines is 1. The van der Waals surface area contributed by atoms with Crippen molar-refractivity contribution in [2.24, 2.45) is 5.73 Å². The summed E-state index contributed by atoms with van der Waals surface area (Å²) >= 11 is 0. The van der Waals surface area contributed by atoms with Crippen LogP contribution in [0.25, 0.3) is 10.9 Å². The van der Waals surface area contributed by atoms with Crippen LogP contribution in [0.1, 0.15) is 13.8 Å². The summed E-state index contributed by atoms with van der Waals surface area (Å²) in [6, 6.07) is 4.53. The van der Waals surface area contributed by atoms with Crippen LogP contribution in [0.5, 0.6) is 0 Å². The molecule has 0 aliphatic heterocycles. The lowest BCUT2D eigenvalue weighted by molar-refractivity contribution is -0.118. The average Bonchev–Trinajstić information content (AvgIpc) is 2.78. The molecule has 1 aromatic heterocycles. The largest absolute Gasteiger partial charge is 0.399 e. The zero-order valence-electron chi connectivity index (χ0n) is 11.8. The Kier molecular flexibility index (Phi) is 3.93. The van der Waals surface area contributed by atoms with E-state index in [2.05, 4.69) is 4.98 Å². The number of benzene rings is 1. The molecule has 5 N–H and O–H groups in total. The molecule has 1 amide bonds. The van der Waals surface area contributed by atoms with Crippen molar-refractivity contribution in [3.63, 3.8) is 0 Å². The Morgan fingerprint density at radius 3 is 2.62 bits per heavy atom. The van der Waals surface area contributed by atoms with Crippen molar-refractivity contribution in [3.8, 4) is 0 Å². The number of hydrogen-bond acceptors (Lipinski definition) is 4. The van der Waals surface area contributed by atoms with Crippen LogP contribution >= 0.6 is 0 Å². The number of aromatic nitrogens is 1. The number of hydrogen-bond donors (Lipinski definition) is 3. The maximum Gasteiger partial charge on any atom is 0.245 e. The number of rotatable bonds is 5. The van der Waals surface area contributed by atoms with E-state index >= 15 is 0 Å². The van der Waals surface area contributed by atoms with Gasteiger partial charge in [-0.1, -0.05) is 0 Å². The molecular weight excluding hydrogens is 292 g/mol. The Morgan fingerprint density at radius 2 is 2.05 bits per heavy atom. The van der Waals surface area contributed by atoms with Gasteiger partial charge in [-0.3, -0.25) is 4.79 Å². The summed E-state index contributed by atoms with van der Waals surface area (Å²) in [5.41, 5.74) is 12.0. The number of aromatic amines is 1. The molecule has 1 aromatic carbocycles. The molecule has 0 aliphatic carbocycles. The molecule has 21 heavy (non-hydrogen) atoms. The Hall–Kier alpha value is -2.06. The third-order valence-electron chi connectivity index (χ3n) is 3.14. The third-order valence-corrected chi connectivity index (χ3v) is 5.20. The Morgan fingerprint density at radius 1 is 1.38 bits per heavy atom. The minimum Gasteiger partial charge on any atom is -0.399 e. The van der Waals surface area contributed by atoms with Gasteiger partial charge in [-0.25, -0.2) is 8.42 Å². The van der Waals surface area contributed by atoms with Gasteiger partial charge >= 0.3 is 0 Å². The number of carbonyl (C=O) groups excluding carboxylic acids is 1. The van der Waals surface area contributed by atoms with E-state index in [9.17, 15) is 13.2 Å². The van der Waals surface area contributed by atoms with Gasteiger partial charge in [-0.05, 0) is 32.0 Å². The van der Waals surface area contributed by atoms with Crippen molar-refractivity contribution in [3.05, 3.63) is 24.4 Å². The van der Waals surface area contributed by atoms with Gasteiger partial charge in [0.05, 0.1) is 6.54 Å². The van der Waals surface area contributed by atoms with E-state index in [1.807, 2.05) is 0 Å². The van der Waals surface area contributed by atoms with Crippen LogP contribution in [0.15, 0.2) is 29.3 Å². The number of nitrogen functional groups attached to an aromatic ring is 1. The van der Waals surface area contributed by atoms with Crippen LogP contribution in [0.3, 0.4) is 0 Å². The number of H-pyrrole nitrogens is 1. The summed E-state index contributed by atoms with van der Waals surface area (Å²) in [5.74, 6) is -0.698. The molecule has 0 atom stereocenters. The molecule has 8 heteroatoms. The van der Waals surface area contributed by atoms with E-state index in [-0.39, 0.29) is 17.5 Å². The Labute approximate surface area is 123 Å². The first-order valence-corrected chi connectivity index (χ1v) is 7.84. The summed E-state index contributed by atoms with van der Waals surface area (Å²) in [4.78, 5) is 14.1. The highest BCUT2D eigenvalue weighted by Gasteiger charge is 2.30. The molecule has 7 nitrogen and oxygen atoms in total. The molecule has 2 aromatic rings. The van der Waals surface area contributed by atoms with Gasteiger partial charge in [-0.15, -0.1) is 0 Å². The first-order valence-electron chi connectivity index (χ1n) is 6.40. The maximum atomic E-state index is 12.7. The highest BCUT2D eigenvalue weighted by atomic mass is 32.2. The lowest BCUT2D eigenvalue weighted by Gasteiger charge is -2.24. The molecule has 0 saturated carbocycles. The number of fused-ring (bicyclic) bond motifs is 1. The van der Waals surface area contributed by atoms with Crippen molar-refractivity contribution < 1.29 is 13.2 Å². The molecule has 0 bridgehead atoms. The second kappa shape index (κ2) is 5.38. The normalized spacial score (nSPS) is 12.4. The standard InChI is InChI=1S/C13H18N4O3S/c1-8(2)17(7-13(15)18)21(19,20)12-6-16-11-5-9(14)3-4-10(11)12/h3-6,8,16H,7,14H2,1-2H3,(H2,15,18). The van der Waals surface area contributed by atoms with Crippen LogP contribution in [0.2, 0.25) is 0 Å². The van der Waals surface area contributed by atoms with Crippen molar-refractivity contribution >= 4 is 32.5 Å². The van der Waals surface area contributed by atoms with Crippen LogP contribution in [-0.4, -0.2) is 36.2 Å². The summed E-state index contributed by atoms with van der Waals surface area (Å²) in [6.45, 7) is 3.02. The third kappa shape index (κ3) is 2.86. The van der Waals surface area contributed by atoms with Crippen LogP contribution in [0.4, 0.5) is 5.69 Å². The smallest absolute Gasteiger partial charge is 0.245 e. The van der Waals surface area contributed by atoms with Crippen LogP contribution in [-0.2, 0) is 14.8 Å². The number of nitrogens with two attached hydrogens (primary N) is 2. The molecule has 0 fully saturated rings. The second-order valence-electron chi connectivity index (χ2n) is 5.07. The highest BCUT2D eigenvalue weighted by Crippen LogP contribution is 2.27. The van der Waals surface area contributed by atoms with Gasteiger partial charge in [0.25, 0.3) is 0 Å². The average molecular weight is 310 g/mol. The van der Waals surface area contributed by atoms with E-state index < -0.39 is 15.9 Å². The van der Waals surface area contributed by atoms with Crippen molar-refractivity contribution in [1.82, 2.24) is 9.29 Å². The first-order chi connectivity index (χ1) is 9.73. The number of nitrogens with zero attached hydrogens (tertiary/aromatic N) is 1. The van der Waals surface area contributed by atoms with Crippen LogP contribution < -0.4 is 11.5 Å². The van der Waals surface area contributed by atoms with Crippen molar-refractivity contribution in [2.75, 3.05) is 12.3 Å². The van der Waals surface area contributed by atoms with Crippen molar-refractivity contribution in [2.45, 2.75) is 24.8 Å². The predicted molar refractivity (Wildman–Crippen MR) is 80.9 cm³/mol. The lowest BCUT2D eigenvalue weighted by atomic mass is 10.2. The minimum atomic E-state index is -3.83. The quantitative estimate of drug-likeness (QED) is 0.701. The van der Waals surface area contributed by atoms with Gasteiger partial charge < -0.3 is 16.5 Å². The molecule has 0 radical (unpaired) electrons. The SMILES string of the molecule is CC(C)N(CC(N)=O)S(=O)(=O)c1c[nH]c2cc(N)ccc12. The molecule has 0 unspecified atom stereocenters. The molecule has 1 heterocycles. The Balaban J connectivity index is 2.57.